The molecule has 0 fully saturated rings. The lowest BCUT2D eigenvalue weighted by Crippen LogP contribution is -2.08. The highest BCUT2D eigenvalue weighted by atomic mass is 32.2. The zero-order valence-electron chi connectivity index (χ0n) is 9.06. The summed E-state index contributed by atoms with van der Waals surface area (Å²) in [6.07, 6.45) is 3.32. The van der Waals surface area contributed by atoms with E-state index in [-0.39, 0.29) is 5.57 Å². The van der Waals surface area contributed by atoms with Crippen LogP contribution in [0.25, 0.3) is 6.08 Å². The quantitative estimate of drug-likeness (QED) is 0.377. The highest BCUT2D eigenvalue weighted by Gasteiger charge is 2.13. The summed E-state index contributed by atoms with van der Waals surface area (Å²) in [7, 11) is 0. The Bertz CT molecular complexity index is 433. The summed E-state index contributed by atoms with van der Waals surface area (Å²) in [6, 6.07) is 7.36. The van der Waals surface area contributed by atoms with Gasteiger partial charge >= 0.3 is 5.97 Å². The van der Waals surface area contributed by atoms with Crippen LogP contribution < -0.4 is 0 Å². The predicted octanol–water partition coefficient (Wildman–Crippen LogP) is 2.47. The molecular formula is C12H12O3S. The SMILES string of the molecule is CSc1ccccc1/C=C(/C(C)=O)C(=O)O. The first-order valence-corrected chi connectivity index (χ1v) is 5.87. The van der Waals surface area contributed by atoms with E-state index in [0.717, 1.165) is 10.5 Å². The summed E-state index contributed by atoms with van der Waals surface area (Å²) >= 11 is 1.51. The van der Waals surface area contributed by atoms with Crippen molar-refractivity contribution in [2.75, 3.05) is 6.26 Å². The van der Waals surface area contributed by atoms with Gasteiger partial charge in [0, 0.05) is 4.90 Å². The summed E-state index contributed by atoms with van der Waals surface area (Å²) in [5, 5.41) is 8.87. The van der Waals surface area contributed by atoms with Gasteiger partial charge in [-0.1, -0.05) is 18.2 Å². The Morgan fingerprint density at radius 3 is 2.44 bits per heavy atom. The number of carboxylic acids is 1. The van der Waals surface area contributed by atoms with Crippen molar-refractivity contribution in [3.05, 3.63) is 35.4 Å². The molecule has 1 rings (SSSR count). The van der Waals surface area contributed by atoms with Crippen LogP contribution in [0.1, 0.15) is 12.5 Å². The molecular weight excluding hydrogens is 224 g/mol. The van der Waals surface area contributed by atoms with Gasteiger partial charge in [0.1, 0.15) is 5.57 Å². The molecule has 0 heterocycles. The monoisotopic (exact) mass is 236 g/mol. The molecule has 0 saturated carbocycles. The Labute approximate surface area is 98.2 Å². The largest absolute Gasteiger partial charge is 0.478 e. The fourth-order valence-corrected chi connectivity index (χ4v) is 1.83. The fourth-order valence-electron chi connectivity index (χ4n) is 1.26. The van der Waals surface area contributed by atoms with Crippen LogP contribution in [0.5, 0.6) is 0 Å². The normalized spacial score (nSPS) is 11.2. The van der Waals surface area contributed by atoms with Crippen molar-refractivity contribution in [2.24, 2.45) is 0 Å². The Morgan fingerprint density at radius 1 is 1.31 bits per heavy atom. The van der Waals surface area contributed by atoms with Crippen molar-refractivity contribution in [3.8, 4) is 0 Å². The summed E-state index contributed by atoms with van der Waals surface area (Å²) in [5.41, 5.74) is 0.559. The van der Waals surface area contributed by atoms with Crippen LogP contribution in [0, 0.1) is 0 Å². The third-order valence-corrected chi connectivity index (χ3v) is 2.86. The molecule has 0 amide bonds. The zero-order chi connectivity index (χ0) is 12.1. The second-order valence-corrected chi connectivity index (χ2v) is 4.01. The van der Waals surface area contributed by atoms with E-state index in [1.807, 2.05) is 24.5 Å². The van der Waals surface area contributed by atoms with Crippen molar-refractivity contribution < 1.29 is 14.7 Å². The maximum absolute atomic E-state index is 11.1. The molecule has 1 aromatic carbocycles. The van der Waals surface area contributed by atoms with Gasteiger partial charge in [0.05, 0.1) is 0 Å². The van der Waals surface area contributed by atoms with Crippen LogP contribution in [0.3, 0.4) is 0 Å². The number of rotatable bonds is 4. The number of hydrogen-bond donors (Lipinski definition) is 1. The average Bonchev–Trinajstić information content (AvgIpc) is 2.25. The lowest BCUT2D eigenvalue weighted by atomic mass is 10.1. The second-order valence-electron chi connectivity index (χ2n) is 3.16. The number of carbonyl (C=O) groups is 2. The first-order chi connectivity index (χ1) is 7.56. The molecule has 0 aliphatic heterocycles. The highest BCUT2D eigenvalue weighted by molar-refractivity contribution is 7.98. The molecule has 0 saturated heterocycles. The molecule has 4 heteroatoms. The van der Waals surface area contributed by atoms with Gasteiger partial charge in [0.25, 0.3) is 0 Å². The van der Waals surface area contributed by atoms with Crippen LogP contribution in [0.4, 0.5) is 0 Å². The van der Waals surface area contributed by atoms with Gasteiger partial charge in [0.15, 0.2) is 5.78 Å². The minimum Gasteiger partial charge on any atom is -0.478 e. The first kappa shape index (κ1) is 12.5. The number of carboxylic acid groups (broad SMARTS) is 1. The molecule has 16 heavy (non-hydrogen) atoms. The number of Topliss-reactive ketones (excluding diaryl/α,β-unsaturated/α-hetero) is 1. The topological polar surface area (TPSA) is 54.4 Å². The molecule has 0 aliphatic carbocycles. The van der Waals surface area contributed by atoms with Gasteiger partial charge in [-0.2, -0.15) is 0 Å². The molecule has 0 radical (unpaired) electrons. The fraction of sp³-hybridized carbons (Fsp3) is 0.167. The van der Waals surface area contributed by atoms with E-state index >= 15 is 0 Å². The number of ketones is 1. The molecule has 1 aromatic rings. The van der Waals surface area contributed by atoms with E-state index in [9.17, 15) is 9.59 Å². The minimum absolute atomic E-state index is 0.193. The van der Waals surface area contributed by atoms with Gasteiger partial charge in [0.2, 0.25) is 0 Å². The number of hydrogen-bond acceptors (Lipinski definition) is 3. The predicted molar refractivity (Wildman–Crippen MR) is 64.5 cm³/mol. The zero-order valence-corrected chi connectivity index (χ0v) is 9.88. The third-order valence-electron chi connectivity index (χ3n) is 2.05. The Kier molecular flexibility index (Phi) is 4.31. The average molecular weight is 236 g/mol. The van der Waals surface area contributed by atoms with E-state index in [1.165, 1.54) is 24.8 Å². The second kappa shape index (κ2) is 5.51. The Balaban J connectivity index is 3.23. The van der Waals surface area contributed by atoms with E-state index < -0.39 is 11.8 Å². The molecule has 0 atom stereocenters. The summed E-state index contributed by atoms with van der Waals surface area (Å²) in [6.45, 7) is 1.25. The first-order valence-electron chi connectivity index (χ1n) is 4.65. The number of thioether (sulfide) groups is 1. The Hall–Kier alpha value is -1.55. The molecule has 0 unspecified atom stereocenters. The highest BCUT2D eigenvalue weighted by Crippen LogP contribution is 2.22. The van der Waals surface area contributed by atoms with E-state index in [1.54, 1.807) is 6.07 Å². The van der Waals surface area contributed by atoms with Crippen molar-refractivity contribution in [1.29, 1.82) is 0 Å². The van der Waals surface area contributed by atoms with Crippen molar-refractivity contribution in [1.82, 2.24) is 0 Å². The van der Waals surface area contributed by atoms with Crippen LogP contribution in [-0.2, 0) is 9.59 Å². The van der Waals surface area contributed by atoms with Gasteiger partial charge in [-0.25, -0.2) is 4.79 Å². The van der Waals surface area contributed by atoms with Crippen molar-refractivity contribution in [3.63, 3.8) is 0 Å². The maximum atomic E-state index is 11.1. The lowest BCUT2D eigenvalue weighted by molar-refractivity contribution is -0.134. The van der Waals surface area contributed by atoms with Gasteiger partial charge in [-0.15, -0.1) is 11.8 Å². The smallest absolute Gasteiger partial charge is 0.339 e. The summed E-state index contributed by atoms with van der Waals surface area (Å²) in [5.74, 6) is -1.63. The van der Waals surface area contributed by atoms with Crippen LogP contribution >= 0.6 is 11.8 Å². The van der Waals surface area contributed by atoms with E-state index in [0.29, 0.717) is 0 Å². The maximum Gasteiger partial charge on any atom is 0.339 e. The molecule has 0 aliphatic rings. The number of carbonyl (C=O) groups excluding carboxylic acids is 1. The van der Waals surface area contributed by atoms with Gasteiger partial charge < -0.3 is 5.11 Å². The van der Waals surface area contributed by atoms with Crippen LogP contribution in [0.15, 0.2) is 34.7 Å². The van der Waals surface area contributed by atoms with Crippen LogP contribution in [0.2, 0.25) is 0 Å². The van der Waals surface area contributed by atoms with Crippen molar-refractivity contribution in [2.45, 2.75) is 11.8 Å². The molecule has 0 aromatic heterocycles. The summed E-state index contributed by atoms with van der Waals surface area (Å²) in [4.78, 5) is 22.9. The standard InChI is InChI=1S/C12H12O3S/c1-8(13)10(12(14)15)7-9-5-3-4-6-11(9)16-2/h3-7H,1-2H3,(H,14,15)/b10-7-. The van der Waals surface area contributed by atoms with Gasteiger partial charge in [-0.05, 0) is 30.9 Å². The van der Waals surface area contributed by atoms with E-state index in [4.69, 9.17) is 5.11 Å². The Morgan fingerprint density at radius 2 is 1.94 bits per heavy atom. The molecule has 0 bridgehead atoms. The molecule has 3 nitrogen and oxygen atoms in total. The number of benzene rings is 1. The molecule has 0 spiro atoms. The van der Waals surface area contributed by atoms with Crippen molar-refractivity contribution >= 4 is 29.6 Å². The van der Waals surface area contributed by atoms with Gasteiger partial charge in [-0.3, -0.25) is 4.79 Å². The lowest BCUT2D eigenvalue weighted by Gasteiger charge is -2.03. The van der Waals surface area contributed by atoms with Crippen LogP contribution in [-0.4, -0.2) is 23.1 Å². The third kappa shape index (κ3) is 2.97. The minimum atomic E-state index is -1.19. The molecule has 84 valence electrons. The molecule has 1 N–H and O–H groups in total. The summed E-state index contributed by atoms with van der Waals surface area (Å²) < 4.78 is 0. The number of aliphatic carboxylic acids is 1. The van der Waals surface area contributed by atoms with E-state index in [2.05, 4.69) is 0 Å².